The number of nitrogens with one attached hydrogen (secondary N) is 1. The van der Waals surface area contributed by atoms with Gasteiger partial charge in [-0.15, -0.1) is 0 Å². The molecule has 2 heterocycles. The maximum absolute atomic E-state index is 12.4. The Labute approximate surface area is 183 Å². The Morgan fingerprint density at radius 3 is 2.50 bits per heavy atom. The topological polar surface area (TPSA) is 137 Å². The van der Waals surface area contributed by atoms with Crippen LogP contribution in [0, 0.1) is 18.3 Å². The Bertz CT molecular complexity index is 1190. The molecule has 0 atom stereocenters. The highest BCUT2D eigenvalue weighted by molar-refractivity contribution is 5.97. The van der Waals surface area contributed by atoms with Crippen LogP contribution in [0.3, 0.4) is 0 Å². The number of aromatic nitrogens is 2. The Hall–Kier alpha value is -4.39. The molecule has 1 N–H and O–H groups in total. The van der Waals surface area contributed by atoms with E-state index in [9.17, 15) is 14.9 Å². The summed E-state index contributed by atoms with van der Waals surface area (Å²) in [5, 5.41) is 12.4. The van der Waals surface area contributed by atoms with Crippen molar-refractivity contribution in [2.45, 2.75) is 13.8 Å². The lowest BCUT2D eigenvalue weighted by Crippen LogP contribution is -2.11. The Morgan fingerprint density at radius 2 is 1.91 bits per heavy atom. The molecule has 32 heavy (non-hydrogen) atoms. The largest absolute Gasteiger partial charge is 0.497 e. The molecule has 3 rings (SSSR count). The van der Waals surface area contributed by atoms with Gasteiger partial charge in [0, 0.05) is 11.8 Å². The van der Waals surface area contributed by atoms with Crippen LogP contribution in [0.25, 0.3) is 11.4 Å². The first-order valence-electron chi connectivity index (χ1n) is 9.50. The lowest BCUT2D eigenvalue weighted by molar-refractivity contribution is 0.0525. The molecule has 0 unspecified atom stereocenters. The van der Waals surface area contributed by atoms with Crippen molar-refractivity contribution in [2.75, 3.05) is 26.1 Å². The van der Waals surface area contributed by atoms with E-state index in [2.05, 4.69) is 15.3 Å². The van der Waals surface area contributed by atoms with Crippen LogP contribution in [0.15, 0.2) is 34.9 Å². The van der Waals surface area contributed by atoms with E-state index in [1.54, 1.807) is 38.3 Å². The number of ether oxygens (including phenoxy) is 3. The summed E-state index contributed by atoms with van der Waals surface area (Å²) in [7, 11) is 2.76. The molecule has 10 heteroatoms. The Morgan fingerprint density at radius 1 is 1.19 bits per heavy atom. The van der Waals surface area contributed by atoms with E-state index in [0.29, 0.717) is 17.1 Å². The van der Waals surface area contributed by atoms with Crippen LogP contribution in [0.2, 0.25) is 0 Å². The van der Waals surface area contributed by atoms with Crippen molar-refractivity contribution in [1.82, 2.24) is 9.97 Å². The van der Waals surface area contributed by atoms with Gasteiger partial charge in [0.25, 0.3) is 0 Å². The number of benzene rings is 1. The quantitative estimate of drug-likeness (QED) is 0.547. The van der Waals surface area contributed by atoms with E-state index in [0.717, 1.165) is 0 Å². The average Bonchev–Trinajstić information content (AvgIpc) is 3.13. The molecule has 1 aromatic carbocycles. The van der Waals surface area contributed by atoms with Crippen LogP contribution in [0.5, 0.6) is 5.75 Å². The average molecular weight is 436 g/mol. The van der Waals surface area contributed by atoms with Crippen molar-refractivity contribution in [3.8, 4) is 23.2 Å². The molecule has 0 aliphatic heterocycles. The first-order valence-corrected chi connectivity index (χ1v) is 9.50. The molecule has 10 nitrogen and oxygen atoms in total. The predicted octanol–water partition coefficient (Wildman–Crippen LogP) is 3.63. The van der Waals surface area contributed by atoms with Crippen molar-refractivity contribution in [1.29, 1.82) is 5.26 Å². The van der Waals surface area contributed by atoms with Crippen molar-refractivity contribution in [3.05, 3.63) is 52.9 Å². The molecule has 0 spiro atoms. The third-order valence-electron chi connectivity index (χ3n) is 4.45. The van der Waals surface area contributed by atoms with Gasteiger partial charge in [0.15, 0.2) is 11.6 Å². The second-order valence-electron chi connectivity index (χ2n) is 6.37. The lowest BCUT2D eigenvalue weighted by Gasteiger charge is -2.11. The van der Waals surface area contributed by atoms with Crippen LogP contribution in [-0.4, -0.2) is 42.7 Å². The van der Waals surface area contributed by atoms with E-state index in [-0.39, 0.29) is 40.8 Å². The summed E-state index contributed by atoms with van der Waals surface area (Å²) in [4.78, 5) is 33.2. The van der Waals surface area contributed by atoms with Crippen molar-refractivity contribution >= 4 is 23.6 Å². The minimum atomic E-state index is -0.719. The minimum absolute atomic E-state index is 0.0142. The summed E-state index contributed by atoms with van der Waals surface area (Å²) in [6, 6.07) is 8.94. The molecule has 0 amide bonds. The van der Waals surface area contributed by atoms with E-state index in [4.69, 9.17) is 18.6 Å². The number of hydrogen-bond acceptors (Lipinski definition) is 10. The van der Waals surface area contributed by atoms with Gasteiger partial charge in [-0.25, -0.2) is 19.6 Å². The maximum atomic E-state index is 12.4. The highest BCUT2D eigenvalue weighted by Gasteiger charge is 2.26. The zero-order valence-electron chi connectivity index (χ0n) is 17.9. The molecule has 3 aromatic rings. The summed E-state index contributed by atoms with van der Waals surface area (Å²) in [6.45, 7) is 3.34. The fraction of sp³-hybridized carbons (Fsp3) is 0.227. The molecule has 0 radical (unpaired) electrons. The van der Waals surface area contributed by atoms with Gasteiger partial charge in [0.1, 0.15) is 34.3 Å². The molecular weight excluding hydrogens is 416 g/mol. The normalized spacial score (nSPS) is 10.2. The van der Waals surface area contributed by atoms with Gasteiger partial charge in [0.05, 0.1) is 20.8 Å². The number of rotatable bonds is 7. The van der Waals surface area contributed by atoms with Crippen LogP contribution >= 0.6 is 0 Å². The number of anilines is 2. The van der Waals surface area contributed by atoms with Gasteiger partial charge in [-0.3, -0.25) is 0 Å². The van der Waals surface area contributed by atoms with E-state index < -0.39 is 11.9 Å². The highest BCUT2D eigenvalue weighted by Crippen LogP contribution is 2.31. The van der Waals surface area contributed by atoms with Crippen molar-refractivity contribution in [3.63, 3.8) is 0 Å². The number of carbonyl (C=O) groups is 2. The number of aryl methyl sites for hydroxylation is 1. The lowest BCUT2D eigenvalue weighted by atomic mass is 10.1. The number of carbonyl (C=O) groups excluding carboxylic acids is 2. The van der Waals surface area contributed by atoms with Gasteiger partial charge in [-0.05, 0) is 38.1 Å². The molecule has 0 bridgehead atoms. The number of hydrogen-bond donors (Lipinski definition) is 1. The van der Waals surface area contributed by atoms with Gasteiger partial charge >= 0.3 is 11.9 Å². The number of esters is 2. The van der Waals surface area contributed by atoms with Gasteiger partial charge in [-0.1, -0.05) is 0 Å². The first-order chi connectivity index (χ1) is 15.4. The third-order valence-corrected chi connectivity index (χ3v) is 4.45. The molecule has 0 aliphatic carbocycles. The standard InChI is InChI=1S/C22H20N4O6/c1-5-31-21(27)16-11-24-18(13-6-8-14(29-3)9-7-13)25-19(16)26-20-15(10-23)17(12(2)32-20)22(28)30-4/h6-9,11H,5H2,1-4H3,(H,24,25,26). The molecule has 0 fully saturated rings. The second kappa shape index (κ2) is 9.61. The molecule has 2 aromatic heterocycles. The van der Waals surface area contributed by atoms with E-state index in [1.807, 2.05) is 6.07 Å². The van der Waals surface area contributed by atoms with Crippen molar-refractivity contribution < 1.29 is 28.2 Å². The van der Waals surface area contributed by atoms with Crippen molar-refractivity contribution in [2.24, 2.45) is 0 Å². The molecule has 0 saturated heterocycles. The molecule has 0 saturated carbocycles. The Balaban J connectivity index is 2.10. The summed E-state index contributed by atoms with van der Waals surface area (Å²) >= 11 is 0. The Kier molecular flexibility index (Phi) is 6.70. The van der Waals surface area contributed by atoms with E-state index >= 15 is 0 Å². The zero-order valence-corrected chi connectivity index (χ0v) is 17.9. The molecule has 0 aliphatic rings. The first kappa shape index (κ1) is 22.3. The summed E-state index contributed by atoms with van der Waals surface area (Å²) in [6.07, 6.45) is 1.32. The highest BCUT2D eigenvalue weighted by atomic mass is 16.5. The van der Waals surface area contributed by atoms with Gasteiger partial charge < -0.3 is 23.9 Å². The number of nitrogens with zero attached hydrogens (tertiary/aromatic N) is 3. The summed E-state index contributed by atoms with van der Waals surface area (Å²) < 4.78 is 20.5. The van der Waals surface area contributed by atoms with Crippen LogP contribution < -0.4 is 10.1 Å². The van der Waals surface area contributed by atoms with E-state index in [1.165, 1.54) is 20.2 Å². The fourth-order valence-corrected chi connectivity index (χ4v) is 2.91. The van der Waals surface area contributed by atoms with Crippen LogP contribution in [0.4, 0.5) is 11.7 Å². The third kappa shape index (κ3) is 4.37. The van der Waals surface area contributed by atoms with Crippen LogP contribution in [-0.2, 0) is 9.47 Å². The summed E-state index contributed by atoms with van der Waals surface area (Å²) in [5.74, 6) is -0.248. The SMILES string of the molecule is CCOC(=O)c1cnc(-c2ccc(OC)cc2)nc1Nc1oc(C)c(C(=O)OC)c1C#N. The second-order valence-corrected chi connectivity index (χ2v) is 6.37. The summed E-state index contributed by atoms with van der Waals surface area (Å²) in [5.41, 5.74) is 0.603. The van der Waals surface area contributed by atoms with Crippen LogP contribution in [0.1, 0.15) is 39.0 Å². The smallest absolute Gasteiger partial charge is 0.343 e. The van der Waals surface area contributed by atoms with Gasteiger partial charge in [-0.2, -0.15) is 5.26 Å². The van der Waals surface area contributed by atoms with Gasteiger partial charge in [0.2, 0.25) is 5.88 Å². The molecule has 164 valence electrons. The zero-order chi connectivity index (χ0) is 23.3. The predicted molar refractivity (Wildman–Crippen MR) is 113 cm³/mol. The monoisotopic (exact) mass is 436 g/mol. The number of methoxy groups -OCH3 is 2. The number of furan rings is 1. The molecular formula is C22H20N4O6. The fourth-order valence-electron chi connectivity index (χ4n) is 2.91. The minimum Gasteiger partial charge on any atom is -0.497 e. The number of nitriles is 1. The maximum Gasteiger partial charge on any atom is 0.343 e.